The molecule has 0 heterocycles. The van der Waals surface area contributed by atoms with E-state index < -0.39 is 66.3 Å². The number of ether oxygens (including phenoxy) is 1. The molecule has 0 unspecified atom stereocenters. The van der Waals surface area contributed by atoms with Crippen LogP contribution in [0.15, 0.2) is 78.9 Å². The van der Waals surface area contributed by atoms with Crippen molar-refractivity contribution in [3.63, 3.8) is 0 Å². The number of nitrogens with one attached hydrogen (secondary N) is 3. The van der Waals surface area contributed by atoms with Crippen molar-refractivity contribution in [3.8, 4) is 5.75 Å². The predicted molar refractivity (Wildman–Crippen MR) is 169 cm³/mol. The van der Waals surface area contributed by atoms with E-state index >= 15 is 0 Å². The van der Waals surface area contributed by atoms with Crippen molar-refractivity contribution in [1.82, 2.24) is 16.0 Å². The highest BCUT2D eigenvalue weighted by Crippen LogP contribution is 2.26. The van der Waals surface area contributed by atoms with E-state index in [4.69, 9.17) is 27.9 Å². The van der Waals surface area contributed by atoms with Crippen LogP contribution in [0.25, 0.3) is 0 Å². The topological polar surface area (TPSA) is 114 Å². The Bertz CT molecular complexity index is 1560. The number of carbonyl (C=O) groups is 4. The fraction of sp³-hybridized carbons (Fsp3) is 0.333. The first-order valence-electron chi connectivity index (χ1n) is 14.5. The van der Waals surface area contributed by atoms with Crippen molar-refractivity contribution in [2.24, 2.45) is 5.92 Å². The lowest BCUT2D eigenvalue weighted by Crippen LogP contribution is -2.60. The largest absolute Gasteiger partial charge is 0.480 e. The molecule has 15 heteroatoms. The van der Waals surface area contributed by atoms with E-state index in [1.54, 1.807) is 60.7 Å². The van der Waals surface area contributed by atoms with Gasteiger partial charge in [-0.05, 0) is 35.2 Å². The van der Waals surface area contributed by atoms with E-state index in [1.165, 1.54) is 32.0 Å². The Hall–Kier alpha value is -4.23. The van der Waals surface area contributed by atoms with Gasteiger partial charge < -0.3 is 20.7 Å². The Kier molecular flexibility index (Phi) is 13.3. The summed E-state index contributed by atoms with van der Waals surface area (Å²) >= 11 is 12.2. The van der Waals surface area contributed by atoms with Crippen LogP contribution >= 0.6 is 23.2 Å². The van der Waals surface area contributed by atoms with Gasteiger partial charge in [-0.15, -0.1) is 0 Å². The Morgan fingerprint density at radius 3 is 1.77 bits per heavy atom. The Morgan fingerprint density at radius 1 is 0.750 bits per heavy atom. The molecule has 0 spiro atoms. The van der Waals surface area contributed by atoms with Crippen LogP contribution in [0.2, 0.25) is 10.0 Å². The highest BCUT2D eigenvalue weighted by molar-refractivity contribution is 6.34. The van der Waals surface area contributed by atoms with Crippen molar-refractivity contribution in [2.45, 2.75) is 57.0 Å². The van der Waals surface area contributed by atoms with Gasteiger partial charge in [0.25, 0.3) is 11.8 Å². The molecule has 0 fully saturated rings. The van der Waals surface area contributed by atoms with E-state index in [1.807, 2.05) is 0 Å². The van der Waals surface area contributed by atoms with Gasteiger partial charge in [0.2, 0.25) is 11.7 Å². The molecule has 0 saturated heterocycles. The average molecular weight is 717 g/mol. The fourth-order valence-electron chi connectivity index (χ4n) is 4.49. The van der Waals surface area contributed by atoms with Gasteiger partial charge in [-0.1, -0.05) is 97.7 Å². The molecule has 3 atom stereocenters. The summed E-state index contributed by atoms with van der Waals surface area (Å²) in [5, 5.41) is 6.19. The highest BCUT2D eigenvalue weighted by Gasteiger charge is 2.52. The van der Waals surface area contributed by atoms with Crippen LogP contribution in [0.4, 0.5) is 22.0 Å². The Labute approximate surface area is 283 Å². The number of ketones is 1. The van der Waals surface area contributed by atoms with Crippen LogP contribution in [0.1, 0.15) is 25.0 Å². The molecule has 8 nitrogen and oxygen atoms in total. The molecule has 0 aliphatic rings. The molecule has 0 bridgehead atoms. The van der Waals surface area contributed by atoms with Gasteiger partial charge in [0.15, 0.2) is 6.10 Å². The Balaban J connectivity index is 1.90. The zero-order valence-corrected chi connectivity index (χ0v) is 27.1. The SMILES string of the molecule is CC(C)[C@H](NC(=O)[C@H](Cc1ccccc1)NC(=O)[C@@H](Cc1ccccc1)Oc1cc(Cl)cc(Cl)c1)C(=O)C(F)(F)C(=O)NCC(F)(F)F. The fourth-order valence-corrected chi connectivity index (χ4v) is 4.99. The summed E-state index contributed by atoms with van der Waals surface area (Å²) < 4.78 is 73.1. The van der Waals surface area contributed by atoms with E-state index in [0.717, 1.165) is 5.32 Å². The summed E-state index contributed by atoms with van der Waals surface area (Å²) in [5.74, 6) is -12.3. The molecule has 0 aliphatic heterocycles. The lowest BCUT2D eigenvalue weighted by molar-refractivity contribution is -0.165. The number of hydrogen-bond donors (Lipinski definition) is 3. The molecule has 258 valence electrons. The maximum absolute atomic E-state index is 14.8. The van der Waals surface area contributed by atoms with Crippen molar-refractivity contribution in [2.75, 3.05) is 6.54 Å². The van der Waals surface area contributed by atoms with Crippen LogP contribution in [-0.4, -0.2) is 60.3 Å². The number of hydrogen-bond acceptors (Lipinski definition) is 5. The van der Waals surface area contributed by atoms with Crippen LogP contribution < -0.4 is 20.7 Å². The summed E-state index contributed by atoms with van der Waals surface area (Å²) in [6.45, 7) is 0.487. The third-order valence-electron chi connectivity index (χ3n) is 6.88. The molecule has 0 aliphatic carbocycles. The number of halogens is 7. The maximum atomic E-state index is 14.8. The first-order valence-corrected chi connectivity index (χ1v) is 15.3. The predicted octanol–water partition coefficient (Wildman–Crippen LogP) is 5.73. The molecule has 3 N–H and O–H groups in total. The second-order valence-electron chi connectivity index (χ2n) is 11.1. The second kappa shape index (κ2) is 16.7. The molecule has 0 aromatic heterocycles. The van der Waals surface area contributed by atoms with E-state index in [0.29, 0.717) is 11.1 Å². The molecule has 0 saturated carbocycles. The maximum Gasteiger partial charge on any atom is 0.405 e. The highest BCUT2D eigenvalue weighted by atomic mass is 35.5. The van der Waals surface area contributed by atoms with Crippen LogP contribution in [0.5, 0.6) is 5.75 Å². The minimum Gasteiger partial charge on any atom is -0.480 e. The summed E-state index contributed by atoms with van der Waals surface area (Å²) in [6.07, 6.45) is -6.43. The molecule has 3 aromatic rings. The first kappa shape index (κ1) is 38.2. The lowest BCUT2D eigenvalue weighted by Gasteiger charge is -2.28. The molecule has 3 rings (SSSR count). The van der Waals surface area contributed by atoms with Gasteiger partial charge in [0.05, 0.1) is 6.04 Å². The molecule has 48 heavy (non-hydrogen) atoms. The lowest BCUT2D eigenvalue weighted by atomic mass is 9.94. The minimum atomic E-state index is -5.01. The van der Waals surface area contributed by atoms with Crippen molar-refractivity contribution < 1.29 is 45.9 Å². The number of benzene rings is 3. The van der Waals surface area contributed by atoms with Crippen molar-refractivity contribution >= 4 is 46.7 Å². The molecule has 0 radical (unpaired) electrons. The molecule has 3 aromatic carbocycles. The zero-order valence-electron chi connectivity index (χ0n) is 25.6. The van der Waals surface area contributed by atoms with Gasteiger partial charge in [0, 0.05) is 22.9 Å². The minimum absolute atomic E-state index is 0.0167. The number of alkyl halides is 5. The third kappa shape index (κ3) is 11.5. The van der Waals surface area contributed by atoms with Gasteiger partial charge in [0.1, 0.15) is 18.3 Å². The van der Waals surface area contributed by atoms with Crippen LogP contribution in [0, 0.1) is 5.92 Å². The summed E-state index contributed by atoms with van der Waals surface area (Å²) in [6, 6.07) is 17.9. The summed E-state index contributed by atoms with van der Waals surface area (Å²) in [7, 11) is 0. The summed E-state index contributed by atoms with van der Waals surface area (Å²) in [5.41, 5.74) is 1.23. The first-order chi connectivity index (χ1) is 22.5. The van der Waals surface area contributed by atoms with E-state index in [-0.39, 0.29) is 28.6 Å². The van der Waals surface area contributed by atoms with Gasteiger partial charge in [-0.3, -0.25) is 19.2 Å². The number of amides is 3. The van der Waals surface area contributed by atoms with Gasteiger partial charge in [-0.25, -0.2) is 0 Å². The van der Waals surface area contributed by atoms with Gasteiger partial charge >= 0.3 is 12.1 Å². The van der Waals surface area contributed by atoms with E-state index in [9.17, 15) is 41.1 Å². The summed E-state index contributed by atoms with van der Waals surface area (Å²) in [4.78, 5) is 52.2. The van der Waals surface area contributed by atoms with E-state index in [2.05, 4.69) is 10.6 Å². The quantitative estimate of drug-likeness (QED) is 0.137. The third-order valence-corrected chi connectivity index (χ3v) is 7.31. The average Bonchev–Trinajstić information content (AvgIpc) is 3.01. The zero-order chi connectivity index (χ0) is 35.6. The molecular formula is C33H32Cl2F5N3O5. The molecular weight excluding hydrogens is 684 g/mol. The number of carbonyl (C=O) groups excluding carboxylic acids is 4. The number of Topliss-reactive ketones (excluding diaryl/α,β-unsaturated/α-hetero) is 1. The second-order valence-corrected chi connectivity index (χ2v) is 12.0. The van der Waals surface area contributed by atoms with Crippen LogP contribution in [0.3, 0.4) is 0 Å². The Morgan fingerprint density at radius 2 is 1.27 bits per heavy atom. The molecule has 3 amide bonds. The van der Waals surface area contributed by atoms with Crippen LogP contribution in [-0.2, 0) is 32.0 Å². The van der Waals surface area contributed by atoms with Crippen molar-refractivity contribution in [1.29, 1.82) is 0 Å². The monoisotopic (exact) mass is 715 g/mol. The smallest absolute Gasteiger partial charge is 0.405 e. The van der Waals surface area contributed by atoms with Gasteiger partial charge in [-0.2, -0.15) is 22.0 Å². The van der Waals surface area contributed by atoms with Crippen molar-refractivity contribution in [3.05, 3.63) is 100 Å². The number of rotatable bonds is 15. The normalized spacial score (nSPS) is 13.6. The standard InChI is InChI=1S/C33H32Cl2F5N3O5/c1-19(2)27(28(44)33(39,40)31(47)41-18-32(36,37)38)43-29(45)25(13-20-9-5-3-6-10-20)42-30(46)26(14-21-11-7-4-8-12-21)48-24-16-22(34)15-23(35)17-24/h3-12,15-17,19,25-27H,13-14,18H2,1-2H3,(H,41,47)(H,42,46)(H,43,45)/t25-,26+,27-/m0/s1.